The fraction of sp³-hybridized carbons (Fsp3) is 0.700. The Kier molecular flexibility index (Phi) is 10.3. The fourth-order valence-electron chi connectivity index (χ4n) is 3.26. The quantitative estimate of drug-likeness (QED) is 0.344. The molecule has 4 heteroatoms. The number of rotatable bonds is 13. The second-order valence-electron chi connectivity index (χ2n) is 6.82. The zero-order chi connectivity index (χ0) is 17.8. The van der Waals surface area contributed by atoms with Crippen molar-refractivity contribution in [2.75, 3.05) is 0 Å². The first-order valence-corrected chi connectivity index (χ1v) is 11.0. The number of unbranched alkanes of at least 4 members (excludes halogenated alkanes) is 10. The lowest BCUT2D eigenvalue weighted by atomic mass is 10.0. The summed E-state index contributed by atoms with van der Waals surface area (Å²) in [5.74, 6) is 0. The van der Waals surface area contributed by atoms with Gasteiger partial charge in [-0.15, -0.1) is 0 Å². The van der Waals surface area contributed by atoms with E-state index in [0.29, 0.717) is 12.0 Å². The second kappa shape index (κ2) is 11.6. The third-order valence-electron chi connectivity index (χ3n) is 4.60. The third-order valence-corrected chi connectivity index (χ3v) is 5.70. The molecule has 0 aliphatic heterocycles. The summed E-state index contributed by atoms with van der Waals surface area (Å²) in [4.78, 5) is 0.108. The van der Waals surface area contributed by atoms with Gasteiger partial charge in [-0.05, 0) is 30.9 Å². The molecule has 0 aliphatic rings. The molecule has 0 unspecified atom stereocenters. The van der Waals surface area contributed by atoms with Gasteiger partial charge in [0.25, 0.3) is 10.1 Å². The molecule has 0 amide bonds. The van der Waals surface area contributed by atoms with Gasteiger partial charge in [0.2, 0.25) is 0 Å². The minimum absolute atomic E-state index is 0.108. The highest BCUT2D eigenvalue weighted by Gasteiger charge is 2.17. The van der Waals surface area contributed by atoms with E-state index in [4.69, 9.17) is 0 Å². The molecule has 0 saturated heterocycles. The van der Waals surface area contributed by atoms with Gasteiger partial charge in [0.05, 0.1) is 4.90 Å². The zero-order valence-corrected chi connectivity index (χ0v) is 16.2. The standard InChI is InChI=1S/C20H34O3S/c1-3-4-5-6-7-8-9-10-11-12-13-16-19-17-14-15-18(2)20(19)24(21,22)23/h14-15,17H,3-13,16H2,1-2H3,(H,21,22,23). The summed E-state index contributed by atoms with van der Waals surface area (Å²) in [5, 5.41) is 0. The van der Waals surface area contributed by atoms with Gasteiger partial charge in [-0.3, -0.25) is 4.55 Å². The van der Waals surface area contributed by atoms with Gasteiger partial charge in [-0.25, -0.2) is 0 Å². The van der Waals surface area contributed by atoms with E-state index in [9.17, 15) is 13.0 Å². The molecule has 1 aromatic carbocycles. The molecule has 0 heterocycles. The Hall–Kier alpha value is -0.870. The van der Waals surface area contributed by atoms with Crippen molar-refractivity contribution in [3.05, 3.63) is 29.3 Å². The predicted octanol–water partition coefficient (Wildman–Crippen LogP) is 6.10. The van der Waals surface area contributed by atoms with Crippen molar-refractivity contribution in [2.45, 2.75) is 95.8 Å². The van der Waals surface area contributed by atoms with Crippen LogP contribution in [-0.2, 0) is 16.5 Å². The molecule has 1 aromatic rings. The van der Waals surface area contributed by atoms with Crippen molar-refractivity contribution in [1.29, 1.82) is 0 Å². The Bertz CT molecular complexity index is 564. The zero-order valence-electron chi connectivity index (χ0n) is 15.4. The smallest absolute Gasteiger partial charge is 0.282 e. The summed E-state index contributed by atoms with van der Waals surface area (Å²) in [6.07, 6.45) is 14.7. The molecule has 0 bridgehead atoms. The van der Waals surface area contributed by atoms with E-state index < -0.39 is 10.1 Å². The highest BCUT2D eigenvalue weighted by atomic mass is 32.2. The summed E-state index contributed by atoms with van der Waals surface area (Å²) in [6.45, 7) is 3.97. The van der Waals surface area contributed by atoms with Crippen LogP contribution in [0.25, 0.3) is 0 Å². The van der Waals surface area contributed by atoms with Crippen molar-refractivity contribution in [3.63, 3.8) is 0 Å². The van der Waals surface area contributed by atoms with Crippen LogP contribution < -0.4 is 0 Å². The van der Waals surface area contributed by atoms with E-state index in [1.54, 1.807) is 13.0 Å². The lowest BCUT2D eigenvalue weighted by Crippen LogP contribution is -2.05. The minimum Gasteiger partial charge on any atom is -0.282 e. The molecule has 0 aliphatic carbocycles. The molecule has 1 N–H and O–H groups in total. The monoisotopic (exact) mass is 354 g/mol. The van der Waals surface area contributed by atoms with E-state index in [2.05, 4.69) is 6.92 Å². The van der Waals surface area contributed by atoms with E-state index in [1.165, 1.54) is 57.8 Å². The van der Waals surface area contributed by atoms with Crippen molar-refractivity contribution < 1.29 is 13.0 Å². The van der Waals surface area contributed by atoms with Gasteiger partial charge < -0.3 is 0 Å². The second-order valence-corrected chi connectivity index (χ2v) is 8.18. The largest absolute Gasteiger partial charge is 0.295 e. The van der Waals surface area contributed by atoms with Crippen LogP contribution in [0.15, 0.2) is 23.1 Å². The summed E-state index contributed by atoms with van der Waals surface area (Å²) in [7, 11) is -4.13. The number of hydrogen-bond acceptors (Lipinski definition) is 2. The van der Waals surface area contributed by atoms with Crippen LogP contribution in [-0.4, -0.2) is 13.0 Å². The topological polar surface area (TPSA) is 54.4 Å². The molecule has 0 atom stereocenters. The van der Waals surface area contributed by atoms with Crippen molar-refractivity contribution in [3.8, 4) is 0 Å². The first-order chi connectivity index (χ1) is 11.5. The first kappa shape index (κ1) is 21.2. The highest BCUT2D eigenvalue weighted by Crippen LogP contribution is 2.22. The Morgan fingerprint density at radius 3 is 1.83 bits per heavy atom. The van der Waals surface area contributed by atoms with E-state index in [1.807, 2.05) is 12.1 Å². The van der Waals surface area contributed by atoms with Gasteiger partial charge in [-0.2, -0.15) is 8.42 Å². The summed E-state index contributed by atoms with van der Waals surface area (Å²) < 4.78 is 32.5. The maximum Gasteiger partial charge on any atom is 0.295 e. The van der Waals surface area contributed by atoms with Crippen molar-refractivity contribution in [1.82, 2.24) is 0 Å². The van der Waals surface area contributed by atoms with Crippen LogP contribution in [0.2, 0.25) is 0 Å². The lowest BCUT2D eigenvalue weighted by Gasteiger charge is -2.10. The van der Waals surface area contributed by atoms with Crippen LogP contribution in [0.4, 0.5) is 0 Å². The van der Waals surface area contributed by atoms with Crippen LogP contribution >= 0.6 is 0 Å². The summed E-state index contributed by atoms with van der Waals surface area (Å²) in [5.41, 5.74) is 1.37. The van der Waals surface area contributed by atoms with Crippen LogP contribution in [0.3, 0.4) is 0 Å². The fourth-order valence-corrected chi connectivity index (χ4v) is 4.24. The molecule has 0 saturated carbocycles. The number of benzene rings is 1. The molecule has 0 spiro atoms. The van der Waals surface area contributed by atoms with Gasteiger partial charge in [-0.1, -0.05) is 89.3 Å². The van der Waals surface area contributed by atoms with Gasteiger partial charge in [0, 0.05) is 0 Å². The van der Waals surface area contributed by atoms with Crippen molar-refractivity contribution >= 4 is 10.1 Å². The van der Waals surface area contributed by atoms with Crippen LogP contribution in [0.5, 0.6) is 0 Å². The molecule has 24 heavy (non-hydrogen) atoms. The SMILES string of the molecule is CCCCCCCCCCCCCc1cccc(C)c1S(=O)(=O)O. The number of aryl methyl sites for hydroxylation is 2. The molecular weight excluding hydrogens is 320 g/mol. The average Bonchev–Trinajstić information content (AvgIpc) is 2.51. The van der Waals surface area contributed by atoms with Crippen LogP contribution in [0.1, 0.15) is 88.7 Å². The van der Waals surface area contributed by atoms with Gasteiger partial charge >= 0.3 is 0 Å². The first-order valence-electron chi connectivity index (χ1n) is 9.52. The molecule has 1 rings (SSSR count). The maximum absolute atomic E-state index is 11.5. The lowest BCUT2D eigenvalue weighted by molar-refractivity contribution is 0.481. The number of hydrogen-bond donors (Lipinski definition) is 1. The maximum atomic E-state index is 11.5. The Labute approximate surface area is 148 Å². The molecular formula is C20H34O3S. The average molecular weight is 355 g/mol. The normalized spacial score (nSPS) is 11.8. The Morgan fingerprint density at radius 2 is 1.33 bits per heavy atom. The third kappa shape index (κ3) is 8.29. The van der Waals surface area contributed by atoms with Crippen molar-refractivity contribution in [2.24, 2.45) is 0 Å². The summed E-state index contributed by atoms with van der Waals surface area (Å²) in [6, 6.07) is 5.40. The van der Waals surface area contributed by atoms with Gasteiger partial charge in [0.1, 0.15) is 0 Å². The molecule has 0 aromatic heterocycles. The molecule has 138 valence electrons. The highest BCUT2D eigenvalue weighted by molar-refractivity contribution is 7.86. The predicted molar refractivity (Wildman–Crippen MR) is 101 cm³/mol. The molecule has 3 nitrogen and oxygen atoms in total. The summed E-state index contributed by atoms with van der Waals surface area (Å²) >= 11 is 0. The molecule has 0 fully saturated rings. The molecule has 0 radical (unpaired) electrons. The van der Waals surface area contributed by atoms with Gasteiger partial charge in [0.15, 0.2) is 0 Å². The van der Waals surface area contributed by atoms with Crippen LogP contribution in [0, 0.1) is 6.92 Å². The Morgan fingerprint density at radius 1 is 0.833 bits per heavy atom. The van der Waals surface area contributed by atoms with E-state index in [-0.39, 0.29) is 4.90 Å². The van der Waals surface area contributed by atoms with E-state index in [0.717, 1.165) is 18.4 Å². The minimum atomic E-state index is -4.13. The van der Waals surface area contributed by atoms with E-state index >= 15 is 0 Å². The Balaban J connectivity index is 2.19.